The van der Waals surface area contributed by atoms with Gasteiger partial charge in [0.1, 0.15) is 5.75 Å². The van der Waals surface area contributed by atoms with Gasteiger partial charge in [-0.25, -0.2) is 10.2 Å². The topological polar surface area (TPSA) is 129 Å². The van der Waals surface area contributed by atoms with E-state index < -0.39 is 16.8 Å². The molecule has 0 spiro atoms. The molecule has 36 heavy (non-hydrogen) atoms. The molecule has 0 unspecified atom stereocenters. The van der Waals surface area contributed by atoms with Crippen molar-refractivity contribution in [1.29, 1.82) is 0 Å². The Labute approximate surface area is 215 Å². The maximum atomic E-state index is 12.4. The van der Waals surface area contributed by atoms with Crippen LogP contribution in [0.1, 0.15) is 22.8 Å². The molecule has 10 nitrogen and oxygen atoms in total. The highest BCUT2D eigenvalue weighted by Gasteiger charge is 2.15. The summed E-state index contributed by atoms with van der Waals surface area (Å²) >= 11 is 11.8. The maximum absolute atomic E-state index is 12.4. The number of hydrogen-bond donors (Lipinski definition) is 1. The summed E-state index contributed by atoms with van der Waals surface area (Å²) in [6, 6.07) is 14.3. The number of non-ortho nitro benzene ring substituents is 1. The summed E-state index contributed by atoms with van der Waals surface area (Å²) in [4.78, 5) is 34.6. The summed E-state index contributed by atoms with van der Waals surface area (Å²) < 4.78 is 16.3. The molecule has 3 rings (SSSR count). The molecule has 3 aromatic carbocycles. The van der Waals surface area contributed by atoms with Crippen molar-refractivity contribution in [3.05, 3.63) is 92.0 Å². The van der Waals surface area contributed by atoms with Gasteiger partial charge in [0.15, 0.2) is 18.1 Å². The molecule has 12 heteroatoms. The van der Waals surface area contributed by atoms with Crippen LogP contribution in [0, 0.1) is 10.1 Å². The van der Waals surface area contributed by atoms with Gasteiger partial charge in [-0.15, -0.1) is 0 Å². The minimum absolute atomic E-state index is 0.138. The number of ether oxygens (including phenoxy) is 3. The molecule has 0 bridgehead atoms. The summed E-state index contributed by atoms with van der Waals surface area (Å²) in [6.45, 7) is 1.74. The first-order valence-electron chi connectivity index (χ1n) is 10.4. The normalized spacial score (nSPS) is 10.6. The number of nitro groups is 1. The molecule has 1 N–H and O–H groups in total. The molecular weight excluding hydrogens is 513 g/mol. The SMILES string of the molecule is CCOc1cc(C=NNC(=O)COc2ccc(Cl)cc2Cl)ccc1OC(=O)c1ccc([N+](=O)[O-])cc1. The zero-order valence-electron chi connectivity index (χ0n) is 18.8. The van der Waals surface area contributed by atoms with Crippen molar-refractivity contribution in [1.82, 2.24) is 5.43 Å². The number of nitro benzene ring substituents is 1. The predicted octanol–water partition coefficient (Wildman–Crippen LogP) is 5.05. The Morgan fingerprint density at radius 1 is 1.00 bits per heavy atom. The van der Waals surface area contributed by atoms with Gasteiger partial charge >= 0.3 is 5.97 Å². The number of amides is 1. The molecule has 0 saturated heterocycles. The number of halogens is 2. The van der Waals surface area contributed by atoms with Crippen LogP contribution in [0.4, 0.5) is 5.69 Å². The third-order valence-electron chi connectivity index (χ3n) is 4.44. The average Bonchev–Trinajstić information content (AvgIpc) is 2.85. The van der Waals surface area contributed by atoms with E-state index in [1.54, 1.807) is 31.2 Å². The number of hydrogen-bond acceptors (Lipinski definition) is 8. The summed E-state index contributed by atoms with van der Waals surface area (Å²) in [7, 11) is 0. The quantitative estimate of drug-likeness (QED) is 0.127. The fourth-order valence-electron chi connectivity index (χ4n) is 2.78. The van der Waals surface area contributed by atoms with E-state index in [-0.39, 0.29) is 34.4 Å². The van der Waals surface area contributed by atoms with Gasteiger partial charge in [-0.3, -0.25) is 14.9 Å². The minimum atomic E-state index is -0.708. The van der Waals surface area contributed by atoms with E-state index in [1.807, 2.05) is 0 Å². The lowest BCUT2D eigenvalue weighted by Crippen LogP contribution is -2.24. The van der Waals surface area contributed by atoms with Crippen LogP contribution in [-0.2, 0) is 4.79 Å². The number of nitrogens with one attached hydrogen (secondary N) is 1. The van der Waals surface area contributed by atoms with Gasteiger partial charge < -0.3 is 14.2 Å². The van der Waals surface area contributed by atoms with Crippen molar-refractivity contribution in [2.24, 2.45) is 5.10 Å². The van der Waals surface area contributed by atoms with Gasteiger partial charge in [-0.1, -0.05) is 23.2 Å². The number of carbonyl (C=O) groups is 2. The van der Waals surface area contributed by atoms with Crippen LogP contribution in [0.15, 0.2) is 65.8 Å². The van der Waals surface area contributed by atoms with Crippen LogP contribution in [0.5, 0.6) is 17.2 Å². The minimum Gasteiger partial charge on any atom is -0.490 e. The van der Waals surface area contributed by atoms with E-state index in [0.717, 1.165) is 0 Å². The van der Waals surface area contributed by atoms with Gasteiger partial charge in [0, 0.05) is 17.2 Å². The molecular formula is C24H19Cl2N3O7. The first-order valence-corrected chi connectivity index (χ1v) is 11.2. The van der Waals surface area contributed by atoms with E-state index in [4.69, 9.17) is 37.4 Å². The molecule has 186 valence electrons. The van der Waals surface area contributed by atoms with Crippen LogP contribution in [0.25, 0.3) is 0 Å². The zero-order valence-corrected chi connectivity index (χ0v) is 20.3. The number of benzene rings is 3. The average molecular weight is 532 g/mol. The van der Waals surface area contributed by atoms with Crippen LogP contribution < -0.4 is 19.6 Å². The van der Waals surface area contributed by atoms with Gasteiger partial charge in [-0.2, -0.15) is 5.10 Å². The Morgan fingerprint density at radius 2 is 1.72 bits per heavy atom. The van der Waals surface area contributed by atoms with E-state index in [1.165, 1.54) is 42.6 Å². The second kappa shape index (κ2) is 12.5. The lowest BCUT2D eigenvalue weighted by Gasteiger charge is -2.11. The summed E-state index contributed by atoms with van der Waals surface area (Å²) in [6.07, 6.45) is 1.37. The summed E-state index contributed by atoms with van der Waals surface area (Å²) in [5.74, 6) is -0.505. The molecule has 0 saturated carbocycles. The molecule has 0 fully saturated rings. The van der Waals surface area contributed by atoms with Crippen LogP contribution in [-0.4, -0.2) is 36.2 Å². The van der Waals surface area contributed by atoms with Gasteiger partial charge in [0.05, 0.1) is 28.3 Å². The van der Waals surface area contributed by atoms with Crippen molar-refractivity contribution < 1.29 is 28.7 Å². The summed E-state index contributed by atoms with van der Waals surface area (Å²) in [5, 5.41) is 15.4. The molecule has 0 aliphatic heterocycles. The highest BCUT2D eigenvalue weighted by molar-refractivity contribution is 6.35. The van der Waals surface area contributed by atoms with Crippen molar-refractivity contribution in [3.63, 3.8) is 0 Å². The van der Waals surface area contributed by atoms with E-state index in [9.17, 15) is 19.7 Å². The zero-order chi connectivity index (χ0) is 26.1. The number of nitrogens with zero attached hydrogens (tertiary/aromatic N) is 2. The molecule has 1 amide bonds. The lowest BCUT2D eigenvalue weighted by atomic mass is 10.2. The number of rotatable bonds is 10. The van der Waals surface area contributed by atoms with Gasteiger partial charge in [0.2, 0.25) is 0 Å². The van der Waals surface area contributed by atoms with Crippen LogP contribution >= 0.6 is 23.2 Å². The third-order valence-corrected chi connectivity index (χ3v) is 4.97. The molecule has 0 radical (unpaired) electrons. The van der Waals surface area contributed by atoms with E-state index in [2.05, 4.69) is 10.5 Å². The van der Waals surface area contributed by atoms with Crippen molar-refractivity contribution in [2.45, 2.75) is 6.92 Å². The maximum Gasteiger partial charge on any atom is 0.343 e. The third kappa shape index (κ3) is 7.42. The van der Waals surface area contributed by atoms with Crippen molar-refractivity contribution in [2.75, 3.05) is 13.2 Å². The molecule has 0 aliphatic carbocycles. The second-order valence-electron chi connectivity index (χ2n) is 6.99. The van der Waals surface area contributed by atoms with Crippen LogP contribution in [0.2, 0.25) is 10.0 Å². The molecule has 0 aromatic heterocycles. The van der Waals surface area contributed by atoms with E-state index >= 15 is 0 Å². The fraction of sp³-hybridized carbons (Fsp3) is 0.125. The number of esters is 1. The largest absolute Gasteiger partial charge is 0.490 e. The molecule has 0 atom stereocenters. The standard InChI is InChI=1S/C24H19Cl2N3O7/c1-2-34-22-11-15(13-27-28-23(30)14-35-20-10-6-17(25)12-19(20)26)3-9-21(22)36-24(31)16-4-7-18(8-5-16)29(32)33/h3-13H,2,14H2,1H3,(H,28,30). The smallest absolute Gasteiger partial charge is 0.343 e. The Kier molecular flexibility index (Phi) is 9.20. The highest BCUT2D eigenvalue weighted by atomic mass is 35.5. The Bertz CT molecular complexity index is 1300. The monoisotopic (exact) mass is 531 g/mol. The lowest BCUT2D eigenvalue weighted by molar-refractivity contribution is -0.384. The predicted molar refractivity (Wildman–Crippen MR) is 133 cm³/mol. The molecule has 0 heterocycles. The molecule has 0 aliphatic rings. The van der Waals surface area contributed by atoms with Crippen molar-refractivity contribution >= 4 is 47.0 Å². The van der Waals surface area contributed by atoms with Gasteiger partial charge in [-0.05, 0) is 61.0 Å². The second-order valence-corrected chi connectivity index (χ2v) is 7.83. The van der Waals surface area contributed by atoms with Crippen molar-refractivity contribution in [3.8, 4) is 17.2 Å². The first kappa shape index (κ1) is 26.5. The molecule has 3 aromatic rings. The van der Waals surface area contributed by atoms with E-state index in [0.29, 0.717) is 22.9 Å². The van der Waals surface area contributed by atoms with Gasteiger partial charge in [0.25, 0.3) is 11.6 Å². The first-order chi connectivity index (χ1) is 17.3. The number of hydrazone groups is 1. The summed E-state index contributed by atoms with van der Waals surface area (Å²) in [5.41, 5.74) is 2.87. The van der Waals surface area contributed by atoms with Crippen LogP contribution in [0.3, 0.4) is 0 Å². The fourth-order valence-corrected chi connectivity index (χ4v) is 3.25. The highest BCUT2D eigenvalue weighted by Crippen LogP contribution is 2.29. The number of carbonyl (C=O) groups excluding carboxylic acids is 2. The Morgan fingerprint density at radius 3 is 2.39 bits per heavy atom. The Hall–Kier alpha value is -4.15. The Balaban J connectivity index is 1.60.